The number of anilines is 3. The highest BCUT2D eigenvalue weighted by atomic mass is 15.3. The van der Waals surface area contributed by atoms with Crippen molar-refractivity contribution in [3.05, 3.63) is 29.3 Å². The van der Waals surface area contributed by atoms with E-state index in [2.05, 4.69) is 45.6 Å². The number of H-pyrrole nitrogens is 1. The molecule has 0 saturated heterocycles. The number of nitrogen functional groups attached to an aromatic ring is 1. The van der Waals surface area contributed by atoms with Crippen LogP contribution < -0.4 is 11.1 Å². The molecular weight excluding hydrogens is 214 g/mol. The van der Waals surface area contributed by atoms with E-state index in [0.717, 1.165) is 11.6 Å². The second kappa shape index (κ2) is 3.76. The van der Waals surface area contributed by atoms with Crippen molar-refractivity contribution in [3.63, 3.8) is 0 Å². The first-order valence-electron chi connectivity index (χ1n) is 5.78. The lowest BCUT2D eigenvalue weighted by Crippen LogP contribution is -1.95. The topological polar surface area (TPSA) is 79.6 Å². The summed E-state index contributed by atoms with van der Waals surface area (Å²) in [5.41, 5.74) is 9.24. The molecule has 1 aliphatic rings. The molecule has 1 aromatic heterocycles. The number of hydrogen-bond donors (Lipinski definition) is 3. The Labute approximate surface area is 99.4 Å². The lowest BCUT2D eigenvalue weighted by molar-refractivity contribution is 1.09. The minimum atomic E-state index is 0.318. The predicted molar refractivity (Wildman–Crippen MR) is 67.2 cm³/mol. The molecule has 17 heavy (non-hydrogen) atoms. The van der Waals surface area contributed by atoms with Gasteiger partial charge >= 0.3 is 0 Å². The Balaban J connectivity index is 1.81. The zero-order valence-corrected chi connectivity index (χ0v) is 9.70. The van der Waals surface area contributed by atoms with Crippen molar-refractivity contribution in [2.24, 2.45) is 0 Å². The standard InChI is InChI=1S/C12H15N5/c1-7-6-9(4-5-10(7)8-2-3-8)14-12-15-11(13)16-17-12/h4-6,8H,2-3H2,1H3,(H4,13,14,15,16,17). The number of benzene rings is 1. The summed E-state index contributed by atoms with van der Waals surface area (Å²) in [7, 11) is 0. The highest BCUT2D eigenvalue weighted by Crippen LogP contribution is 2.42. The van der Waals surface area contributed by atoms with E-state index >= 15 is 0 Å². The minimum absolute atomic E-state index is 0.318. The van der Waals surface area contributed by atoms with E-state index in [9.17, 15) is 0 Å². The van der Waals surface area contributed by atoms with Gasteiger partial charge in [-0.25, -0.2) is 5.10 Å². The number of hydrogen-bond acceptors (Lipinski definition) is 4. The van der Waals surface area contributed by atoms with Crippen LogP contribution in [0.3, 0.4) is 0 Å². The van der Waals surface area contributed by atoms with Crippen molar-refractivity contribution in [3.8, 4) is 0 Å². The fourth-order valence-electron chi connectivity index (χ4n) is 2.07. The van der Waals surface area contributed by atoms with E-state index < -0.39 is 0 Å². The van der Waals surface area contributed by atoms with E-state index in [0.29, 0.717) is 11.9 Å². The highest BCUT2D eigenvalue weighted by molar-refractivity contribution is 5.56. The smallest absolute Gasteiger partial charge is 0.248 e. The lowest BCUT2D eigenvalue weighted by atomic mass is 10.0. The van der Waals surface area contributed by atoms with Gasteiger partial charge in [0.05, 0.1) is 0 Å². The van der Waals surface area contributed by atoms with Crippen LogP contribution in [0, 0.1) is 6.92 Å². The summed E-state index contributed by atoms with van der Waals surface area (Å²) >= 11 is 0. The van der Waals surface area contributed by atoms with Crippen LogP contribution in [0.1, 0.15) is 29.9 Å². The van der Waals surface area contributed by atoms with Crippen molar-refractivity contribution in [1.29, 1.82) is 0 Å². The van der Waals surface area contributed by atoms with Gasteiger partial charge in [-0.05, 0) is 48.9 Å². The third-order valence-corrected chi connectivity index (χ3v) is 3.05. The second-order valence-electron chi connectivity index (χ2n) is 4.51. The van der Waals surface area contributed by atoms with Crippen LogP contribution in [0.5, 0.6) is 0 Å². The van der Waals surface area contributed by atoms with Gasteiger partial charge in [-0.2, -0.15) is 4.98 Å². The maximum absolute atomic E-state index is 5.47. The SMILES string of the molecule is Cc1cc(Nc2n[nH]c(N)n2)ccc1C1CC1. The molecule has 0 unspecified atom stereocenters. The summed E-state index contributed by atoms with van der Waals surface area (Å²) in [5.74, 6) is 1.60. The molecule has 2 aromatic rings. The first-order chi connectivity index (χ1) is 8.22. The van der Waals surface area contributed by atoms with Crippen LogP contribution in [0.25, 0.3) is 0 Å². The van der Waals surface area contributed by atoms with Gasteiger partial charge in [-0.3, -0.25) is 0 Å². The van der Waals surface area contributed by atoms with E-state index in [4.69, 9.17) is 5.73 Å². The Morgan fingerprint density at radius 3 is 2.82 bits per heavy atom. The Hall–Kier alpha value is -2.04. The maximum atomic E-state index is 5.47. The Kier molecular flexibility index (Phi) is 2.24. The molecule has 0 aliphatic heterocycles. The Morgan fingerprint density at radius 1 is 1.41 bits per heavy atom. The second-order valence-corrected chi connectivity index (χ2v) is 4.51. The van der Waals surface area contributed by atoms with E-state index in [1.165, 1.54) is 24.0 Å². The van der Waals surface area contributed by atoms with Crippen LogP contribution >= 0.6 is 0 Å². The number of nitrogens with two attached hydrogens (primary N) is 1. The number of aromatic amines is 1. The first kappa shape index (κ1) is 10.1. The molecule has 1 heterocycles. The zero-order valence-electron chi connectivity index (χ0n) is 9.70. The van der Waals surface area contributed by atoms with Crippen LogP contribution in [0.4, 0.5) is 17.6 Å². The summed E-state index contributed by atoms with van der Waals surface area (Å²) in [5, 5.41) is 9.65. The molecule has 0 amide bonds. The molecule has 3 rings (SSSR count). The monoisotopic (exact) mass is 229 g/mol. The van der Waals surface area contributed by atoms with Crippen LogP contribution in [-0.2, 0) is 0 Å². The number of rotatable bonds is 3. The Morgan fingerprint density at radius 2 is 2.24 bits per heavy atom. The summed E-state index contributed by atoms with van der Waals surface area (Å²) in [6.45, 7) is 2.14. The molecule has 88 valence electrons. The average molecular weight is 229 g/mol. The average Bonchev–Trinajstić information content (AvgIpc) is 3.04. The van der Waals surface area contributed by atoms with Gasteiger partial charge in [0.25, 0.3) is 0 Å². The van der Waals surface area contributed by atoms with Crippen molar-refractivity contribution in [2.45, 2.75) is 25.7 Å². The maximum Gasteiger partial charge on any atom is 0.248 e. The summed E-state index contributed by atoms with van der Waals surface area (Å²) in [6.07, 6.45) is 2.65. The van der Waals surface area contributed by atoms with E-state index in [-0.39, 0.29) is 0 Å². The molecule has 1 fully saturated rings. The normalized spacial score (nSPS) is 14.9. The fraction of sp³-hybridized carbons (Fsp3) is 0.333. The van der Waals surface area contributed by atoms with Crippen molar-refractivity contribution in [2.75, 3.05) is 11.1 Å². The third-order valence-electron chi connectivity index (χ3n) is 3.05. The quantitative estimate of drug-likeness (QED) is 0.754. The molecular formula is C12H15N5. The van der Waals surface area contributed by atoms with Crippen LogP contribution in [0.15, 0.2) is 18.2 Å². The summed E-state index contributed by atoms with van der Waals surface area (Å²) < 4.78 is 0. The first-order valence-corrected chi connectivity index (χ1v) is 5.78. The number of nitrogens with one attached hydrogen (secondary N) is 2. The molecule has 5 nitrogen and oxygen atoms in total. The molecule has 4 N–H and O–H groups in total. The third kappa shape index (κ3) is 2.08. The molecule has 0 atom stereocenters. The lowest BCUT2D eigenvalue weighted by Gasteiger charge is -2.07. The van der Waals surface area contributed by atoms with E-state index in [1.807, 2.05) is 0 Å². The molecule has 1 aliphatic carbocycles. The highest BCUT2D eigenvalue weighted by Gasteiger charge is 2.24. The largest absolute Gasteiger partial charge is 0.368 e. The van der Waals surface area contributed by atoms with Crippen molar-refractivity contribution in [1.82, 2.24) is 15.2 Å². The van der Waals surface area contributed by atoms with Gasteiger partial charge in [0.2, 0.25) is 11.9 Å². The zero-order chi connectivity index (χ0) is 11.8. The number of aromatic nitrogens is 3. The van der Waals surface area contributed by atoms with Gasteiger partial charge in [0.15, 0.2) is 0 Å². The Bertz CT molecular complexity index is 542. The van der Waals surface area contributed by atoms with E-state index in [1.54, 1.807) is 0 Å². The van der Waals surface area contributed by atoms with Gasteiger partial charge in [0.1, 0.15) is 0 Å². The molecule has 0 spiro atoms. The molecule has 1 aromatic carbocycles. The van der Waals surface area contributed by atoms with Crippen LogP contribution in [-0.4, -0.2) is 15.2 Å². The fourth-order valence-corrected chi connectivity index (χ4v) is 2.07. The molecule has 0 bridgehead atoms. The predicted octanol–water partition coefficient (Wildman–Crippen LogP) is 2.32. The van der Waals surface area contributed by atoms with Crippen molar-refractivity contribution >= 4 is 17.6 Å². The summed E-state index contributed by atoms with van der Waals surface area (Å²) in [6, 6.07) is 6.37. The van der Waals surface area contributed by atoms with Gasteiger partial charge < -0.3 is 11.1 Å². The number of aryl methyl sites for hydroxylation is 1. The molecule has 5 heteroatoms. The summed E-state index contributed by atoms with van der Waals surface area (Å²) in [4.78, 5) is 4.01. The molecule has 1 saturated carbocycles. The van der Waals surface area contributed by atoms with Gasteiger partial charge in [-0.15, -0.1) is 5.10 Å². The number of nitrogens with zero attached hydrogens (tertiary/aromatic N) is 2. The minimum Gasteiger partial charge on any atom is -0.368 e. The van der Waals surface area contributed by atoms with Crippen LogP contribution in [0.2, 0.25) is 0 Å². The van der Waals surface area contributed by atoms with Gasteiger partial charge in [0, 0.05) is 5.69 Å². The molecule has 0 radical (unpaired) electrons. The van der Waals surface area contributed by atoms with Crippen molar-refractivity contribution < 1.29 is 0 Å². The van der Waals surface area contributed by atoms with Gasteiger partial charge in [-0.1, -0.05) is 6.07 Å².